The van der Waals surface area contributed by atoms with E-state index in [2.05, 4.69) is 10.2 Å². The van der Waals surface area contributed by atoms with Crippen LogP contribution in [0.1, 0.15) is 0 Å². The van der Waals surface area contributed by atoms with Crippen molar-refractivity contribution in [2.75, 3.05) is 5.73 Å². The molecule has 1 heterocycles. The highest BCUT2D eigenvalue weighted by atomic mass is 32.2. The predicted molar refractivity (Wildman–Crippen MR) is 54.8 cm³/mol. The Morgan fingerprint density at radius 1 is 1.33 bits per heavy atom. The fourth-order valence-corrected chi connectivity index (χ4v) is 2.43. The van der Waals surface area contributed by atoms with Gasteiger partial charge in [-0.3, -0.25) is 0 Å². The molecule has 0 aliphatic rings. The van der Waals surface area contributed by atoms with E-state index in [0.29, 0.717) is 4.34 Å². The lowest BCUT2D eigenvalue weighted by atomic mass is 10.3. The van der Waals surface area contributed by atoms with Gasteiger partial charge in [0.2, 0.25) is 0 Å². The Labute approximate surface area is 92.3 Å². The molecule has 0 aliphatic heterocycles. The lowest BCUT2D eigenvalue weighted by molar-refractivity contribution is 0.492. The second-order valence-corrected chi connectivity index (χ2v) is 4.68. The maximum atomic E-state index is 13.3. The summed E-state index contributed by atoms with van der Waals surface area (Å²) in [6, 6.07) is 2.32. The topological polar surface area (TPSA) is 51.8 Å². The molecule has 2 N–H and O–H groups in total. The van der Waals surface area contributed by atoms with Crippen LogP contribution in [0.2, 0.25) is 0 Å². The van der Waals surface area contributed by atoms with Crippen LogP contribution in [0.25, 0.3) is 0 Å². The minimum atomic E-state index is -0.949. The van der Waals surface area contributed by atoms with Gasteiger partial charge in [-0.05, 0) is 12.1 Å². The highest BCUT2D eigenvalue weighted by Crippen LogP contribution is 2.35. The molecule has 7 heteroatoms. The van der Waals surface area contributed by atoms with Gasteiger partial charge in [0.25, 0.3) is 0 Å². The third-order valence-electron chi connectivity index (χ3n) is 1.61. The zero-order valence-electron chi connectivity index (χ0n) is 7.28. The molecule has 0 saturated heterocycles. The standard InChI is InChI=1S/C8H5F2N3S2/c9-4-1-2-5(11)7(6(4)10)15-8-13-12-3-14-8/h1-3H,11H2. The summed E-state index contributed by atoms with van der Waals surface area (Å²) in [5.41, 5.74) is 7.23. The van der Waals surface area contributed by atoms with Crippen molar-refractivity contribution in [1.29, 1.82) is 0 Å². The second-order valence-electron chi connectivity index (χ2n) is 2.59. The second kappa shape index (κ2) is 4.11. The Kier molecular flexibility index (Phi) is 2.83. The van der Waals surface area contributed by atoms with Crippen molar-refractivity contribution in [2.24, 2.45) is 0 Å². The van der Waals surface area contributed by atoms with Crippen molar-refractivity contribution in [3.05, 3.63) is 29.3 Å². The molecule has 0 saturated carbocycles. The number of hydrogen-bond acceptors (Lipinski definition) is 5. The van der Waals surface area contributed by atoms with Crippen LogP contribution < -0.4 is 5.73 Å². The Hall–Kier alpha value is -1.21. The summed E-state index contributed by atoms with van der Waals surface area (Å²) in [7, 11) is 0. The molecule has 1 aromatic heterocycles. The van der Waals surface area contributed by atoms with E-state index < -0.39 is 11.6 Å². The molecule has 2 aromatic rings. The van der Waals surface area contributed by atoms with Crippen LogP contribution in [0, 0.1) is 11.6 Å². The van der Waals surface area contributed by atoms with Crippen molar-refractivity contribution < 1.29 is 8.78 Å². The number of rotatable bonds is 2. The van der Waals surface area contributed by atoms with E-state index in [4.69, 9.17) is 5.73 Å². The first kappa shape index (κ1) is 10.3. The van der Waals surface area contributed by atoms with Crippen LogP contribution in [0.3, 0.4) is 0 Å². The van der Waals surface area contributed by atoms with Gasteiger partial charge in [0, 0.05) is 5.69 Å². The summed E-state index contributed by atoms with van der Waals surface area (Å²) in [4.78, 5) is 0.0479. The fraction of sp³-hybridized carbons (Fsp3) is 0. The molecule has 2 rings (SSSR count). The van der Waals surface area contributed by atoms with Gasteiger partial charge < -0.3 is 5.73 Å². The molecule has 0 spiro atoms. The lowest BCUT2D eigenvalue weighted by Crippen LogP contribution is -1.95. The SMILES string of the molecule is Nc1ccc(F)c(F)c1Sc1nncs1. The molecule has 0 aliphatic carbocycles. The number of hydrogen-bond donors (Lipinski definition) is 1. The van der Waals surface area contributed by atoms with E-state index in [0.717, 1.165) is 17.8 Å². The smallest absolute Gasteiger partial charge is 0.179 e. The van der Waals surface area contributed by atoms with Crippen molar-refractivity contribution in [3.8, 4) is 0 Å². The van der Waals surface area contributed by atoms with Gasteiger partial charge in [0.05, 0.1) is 4.90 Å². The molecule has 3 nitrogen and oxygen atoms in total. The molecule has 0 unspecified atom stereocenters. The quantitative estimate of drug-likeness (QED) is 0.826. The van der Waals surface area contributed by atoms with Crippen molar-refractivity contribution in [1.82, 2.24) is 10.2 Å². The highest BCUT2D eigenvalue weighted by Gasteiger charge is 2.14. The first-order chi connectivity index (χ1) is 7.18. The first-order valence-electron chi connectivity index (χ1n) is 3.86. The Morgan fingerprint density at radius 3 is 2.80 bits per heavy atom. The Balaban J connectivity index is 2.39. The minimum Gasteiger partial charge on any atom is -0.398 e. The number of anilines is 1. The third-order valence-corrected chi connectivity index (χ3v) is 3.51. The maximum Gasteiger partial charge on any atom is 0.179 e. The minimum absolute atomic E-state index is 0.0479. The van der Waals surface area contributed by atoms with Gasteiger partial charge in [-0.2, -0.15) is 0 Å². The van der Waals surface area contributed by atoms with Crippen LogP contribution >= 0.6 is 23.1 Å². The highest BCUT2D eigenvalue weighted by molar-refractivity contribution is 8.01. The molecule has 78 valence electrons. The van der Waals surface area contributed by atoms with Crippen molar-refractivity contribution in [3.63, 3.8) is 0 Å². The van der Waals surface area contributed by atoms with E-state index in [1.165, 1.54) is 22.9 Å². The van der Waals surface area contributed by atoms with Crippen molar-refractivity contribution >= 4 is 28.8 Å². The van der Waals surface area contributed by atoms with E-state index in [1.54, 1.807) is 0 Å². The normalized spacial score (nSPS) is 10.5. The molecule has 0 radical (unpaired) electrons. The average Bonchev–Trinajstić information content (AvgIpc) is 2.71. The molecule has 0 atom stereocenters. The van der Waals surface area contributed by atoms with Gasteiger partial charge in [0.1, 0.15) is 5.51 Å². The van der Waals surface area contributed by atoms with Gasteiger partial charge >= 0.3 is 0 Å². The average molecular weight is 245 g/mol. The summed E-state index contributed by atoms with van der Waals surface area (Å²) in [6.07, 6.45) is 0. The molecule has 0 bridgehead atoms. The van der Waals surface area contributed by atoms with Crippen LogP contribution in [0.5, 0.6) is 0 Å². The number of nitrogens with zero attached hydrogens (tertiary/aromatic N) is 2. The number of nitrogen functional groups attached to an aromatic ring is 1. The molecule has 0 amide bonds. The number of halogens is 2. The summed E-state index contributed by atoms with van der Waals surface area (Å²) >= 11 is 2.20. The largest absolute Gasteiger partial charge is 0.398 e. The summed E-state index contributed by atoms with van der Waals surface area (Å²) < 4.78 is 26.8. The number of aromatic nitrogens is 2. The maximum absolute atomic E-state index is 13.3. The van der Waals surface area contributed by atoms with Crippen molar-refractivity contribution in [2.45, 2.75) is 9.24 Å². The van der Waals surface area contributed by atoms with Crippen LogP contribution in [-0.4, -0.2) is 10.2 Å². The van der Waals surface area contributed by atoms with Gasteiger partial charge in [0.15, 0.2) is 16.0 Å². The van der Waals surface area contributed by atoms with Crippen LogP contribution in [0.4, 0.5) is 14.5 Å². The van der Waals surface area contributed by atoms with E-state index >= 15 is 0 Å². The predicted octanol–water partition coefficient (Wildman–Crippen LogP) is 2.55. The van der Waals surface area contributed by atoms with E-state index in [9.17, 15) is 8.78 Å². The van der Waals surface area contributed by atoms with E-state index in [-0.39, 0.29) is 10.6 Å². The van der Waals surface area contributed by atoms with Crippen LogP contribution in [0.15, 0.2) is 26.9 Å². The van der Waals surface area contributed by atoms with E-state index in [1.807, 2.05) is 0 Å². The molecule has 15 heavy (non-hydrogen) atoms. The number of nitrogens with two attached hydrogens (primary N) is 1. The number of benzene rings is 1. The third kappa shape index (κ3) is 2.07. The summed E-state index contributed by atoms with van der Waals surface area (Å²) in [5, 5.41) is 7.30. The molecular formula is C8H5F2N3S2. The lowest BCUT2D eigenvalue weighted by Gasteiger charge is -2.04. The summed E-state index contributed by atoms with van der Waals surface area (Å²) in [5.74, 6) is -1.87. The van der Waals surface area contributed by atoms with Gasteiger partial charge in [-0.25, -0.2) is 8.78 Å². The Morgan fingerprint density at radius 2 is 2.13 bits per heavy atom. The van der Waals surface area contributed by atoms with Crippen LogP contribution in [-0.2, 0) is 0 Å². The fourth-order valence-electron chi connectivity index (χ4n) is 0.945. The van der Waals surface area contributed by atoms with Gasteiger partial charge in [-0.1, -0.05) is 23.1 Å². The molecular weight excluding hydrogens is 240 g/mol. The summed E-state index contributed by atoms with van der Waals surface area (Å²) in [6.45, 7) is 0. The zero-order valence-corrected chi connectivity index (χ0v) is 8.91. The van der Waals surface area contributed by atoms with Gasteiger partial charge in [-0.15, -0.1) is 10.2 Å². The Bertz CT molecular complexity index is 473. The molecule has 1 aromatic carbocycles. The first-order valence-corrected chi connectivity index (χ1v) is 5.55. The monoisotopic (exact) mass is 245 g/mol. The molecule has 0 fully saturated rings. The zero-order chi connectivity index (χ0) is 10.8.